The molecule has 1 saturated heterocycles. The first-order valence-electron chi connectivity index (χ1n) is 7.65. The number of halogens is 1. The molecule has 0 saturated carbocycles. The molecule has 1 fully saturated rings. The summed E-state index contributed by atoms with van der Waals surface area (Å²) in [6, 6.07) is 7.98. The van der Waals surface area contributed by atoms with Gasteiger partial charge in [0.15, 0.2) is 5.82 Å². The highest BCUT2D eigenvalue weighted by atomic mass is 35.5. The Kier molecular flexibility index (Phi) is 3.53. The number of anilines is 2. The number of piperazine rings is 1. The van der Waals surface area contributed by atoms with Crippen LogP contribution in [0.2, 0.25) is 5.02 Å². The highest BCUT2D eigenvalue weighted by Crippen LogP contribution is 2.27. The van der Waals surface area contributed by atoms with E-state index in [1.54, 1.807) is 6.20 Å². The van der Waals surface area contributed by atoms with E-state index in [9.17, 15) is 0 Å². The molecular formula is C16H17ClN6. The zero-order valence-electron chi connectivity index (χ0n) is 12.9. The molecule has 0 amide bonds. The number of fused-ring (bicyclic) bond motifs is 1. The van der Waals surface area contributed by atoms with Crippen molar-refractivity contribution in [2.75, 3.05) is 36.0 Å². The summed E-state index contributed by atoms with van der Waals surface area (Å²) >= 11 is 6.30. The predicted octanol–water partition coefficient (Wildman–Crippen LogP) is 2.41. The molecule has 23 heavy (non-hydrogen) atoms. The van der Waals surface area contributed by atoms with E-state index in [0.717, 1.165) is 54.2 Å². The second kappa shape index (κ2) is 5.70. The minimum atomic E-state index is 0.800. The van der Waals surface area contributed by atoms with Crippen LogP contribution < -0.4 is 9.80 Å². The van der Waals surface area contributed by atoms with Gasteiger partial charge in [-0.15, -0.1) is 10.2 Å². The quantitative estimate of drug-likeness (QED) is 0.723. The molecule has 1 aromatic carbocycles. The fraction of sp³-hybridized carbons (Fsp3) is 0.312. The SMILES string of the molecule is Cc1nnc2c(N3CCN(c4ccccc4Cl)CC3)nccn12. The van der Waals surface area contributed by atoms with Gasteiger partial charge < -0.3 is 9.80 Å². The van der Waals surface area contributed by atoms with Crippen LogP contribution in [0.15, 0.2) is 36.7 Å². The molecule has 0 unspecified atom stereocenters. The summed E-state index contributed by atoms with van der Waals surface area (Å²) in [6.07, 6.45) is 3.70. The van der Waals surface area contributed by atoms with Gasteiger partial charge in [0.05, 0.1) is 10.7 Å². The number of aryl methyl sites for hydroxylation is 1. The number of aromatic nitrogens is 4. The molecule has 0 radical (unpaired) electrons. The van der Waals surface area contributed by atoms with E-state index in [0.29, 0.717) is 0 Å². The Hall–Kier alpha value is -2.34. The Morgan fingerprint density at radius 3 is 2.52 bits per heavy atom. The first kappa shape index (κ1) is 14.3. The van der Waals surface area contributed by atoms with E-state index >= 15 is 0 Å². The van der Waals surface area contributed by atoms with Crippen LogP contribution in [-0.4, -0.2) is 45.8 Å². The predicted molar refractivity (Wildman–Crippen MR) is 91.4 cm³/mol. The van der Waals surface area contributed by atoms with Crippen LogP contribution in [0.25, 0.3) is 5.65 Å². The maximum absolute atomic E-state index is 6.30. The molecule has 0 N–H and O–H groups in total. The van der Waals surface area contributed by atoms with Gasteiger partial charge in [-0.05, 0) is 19.1 Å². The first-order chi connectivity index (χ1) is 11.2. The standard InChI is InChI=1S/C16H17ClN6/c1-12-19-20-16-15(18-6-7-23(12)16)22-10-8-21(9-11-22)14-5-3-2-4-13(14)17/h2-7H,8-11H2,1H3. The Morgan fingerprint density at radius 2 is 1.74 bits per heavy atom. The van der Waals surface area contributed by atoms with Crippen LogP contribution in [0.4, 0.5) is 11.5 Å². The van der Waals surface area contributed by atoms with E-state index < -0.39 is 0 Å². The van der Waals surface area contributed by atoms with Gasteiger partial charge in [-0.2, -0.15) is 0 Å². The second-order valence-corrected chi connectivity index (χ2v) is 6.02. The lowest BCUT2D eigenvalue weighted by Gasteiger charge is -2.37. The number of nitrogens with zero attached hydrogens (tertiary/aromatic N) is 6. The molecule has 2 aromatic heterocycles. The number of benzene rings is 1. The van der Waals surface area contributed by atoms with E-state index in [1.807, 2.05) is 35.7 Å². The smallest absolute Gasteiger partial charge is 0.203 e. The normalized spacial score (nSPS) is 15.4. The summed E-state index contributed by atoms with van der Waals surface area (Å²) in [6.45, 7) is 5.51. The molecule has 6 nitrogen and oxygen atoms in total. The molecule has 3 aromatic rings. The lowest BCUT2D eigenvalue weighted by atomic mass is 10.2. The van der Waals surface area contributed by atoms with Crippen molar-refractivity contribution >= 4 is 28.8 Å². The molecule has 7 heteroatoms. The van der Waals surface area contributed by atoms with Crippen molar-refractivity contribution in [2.45, 2.75) is 6.92 Å². The molecule has 0 bridgehead atoms. The lowest BCUT2D eigenvalue weighted by molar-refractivity contribution is 0.647. The van der Waals surface area contributed by atoms with Crippen LogP contribution >= 0.6 is 11.6 Å². The van der Waals surface area contributed by atoms with Gasteiger partial charge in [-0.25, -0.2) is 4.98 Å². The van der Waals surface area contributed by atoms with Crippen molar-refractivity contribution < 1.29 is 0 Å². The summed E-state index contributed by atoms with van der Waals surface area (Å²) in [7, 11) is 0. The Bertz CT molecular complexity index is 837. The van der Waals surface area contributed by atoms with E-state index in [2.05, 4.69) is 31.0 Å². The molecule has 0 atom stereocenters. The molecule has 1 aliphatic rings. The van der Waals surface area contributed by atoms with Crippen LogP contribution in [0.3, 0.4) is 0 Å². The van der Waals surface area contributed by atoms with Gasteiger partial charge in [0.25, 0.3) is 0 Å². The summed E-state index contributed by atoms with van der Waals surface area (Å²) in [5, 5.41) is 9.20. The fourth-order valence-electron chi connectivity index (χ4n) is 3.02. The monoisotopic (exact) mass is 328 g/mol. The first-order valence-corrected chi connectivity index (χ1v) is 8.02. The summed E-state index contributed by atoms with van der Waals surface area (Å²) in [5.74, 6) is 1.77. The Labute approximate surface area is 139 Å². The third-order valence-corrected chi connectivity index (χ3v) is 4.57. The van der Waals surface area contributed by atoms with Crippen molar-refractivity contribution in [3.8, 4) is 0 Å². The summed E-state index contributed by atoms with van der Waals surface area (Å²) < 4.78 is 1.97. The van der Waals surface area contributed by atoms with Crippen LogP contribution in [0.1, 0.15) is 5.82 Å². The number of rotatable bonds is 2. The van der Waals surface area contributed by atoms with E-state index in [-0.39, 0.29) is 0 Å². The van der Waals surface area contributed by atoms with Crippen LogP contribution in [0, 0.1) is 6.92 Å². The van der Waals surface area contributed by atoms with E-state index in [4.69, 9.17) is 11.6 Å². The molecule has 0 aliphatic carbocycles. The highest BCUT2D eigenvalue weighted by molar-refractivity contribution is 6.33. The minimum absolute atomic E-state index is 0.800. The lowest BCUT2D eigenvalue weighted by Crippen LogP contribution is -2.47. The average Bonchev–Trinajstić information content (AvgIpc) is 2.97. The molecule has 1 aliphatic heterocycles. The van der Waals surface area contributed by atoms with Gasteiger partial charge >= 0.3 is 0 Å². The maximum Gasteiger partial charge on any atom is 0.203 e. The van der Waals surface area contributed by atoms with Crippen molar-refractivity contribution in [1.82, 2.24) is 19.6 Å². The van der Waals surface area contributed by atoms with Gasteiger partial charge in [-0.3, -0.25) is 4.40 Å². The van der Waals surface area contributed by atoms with Crippen molar-refractivity contribution in [2.24, 2.45) is 0 Å². The third kappa shape index (κ3) is 2.49. The molecule has 0 spiro atoms. The van der Waals surface area contributed by atoms with Gasteiger partial charge in [0.1, 0.15) is 5.82 Å². The van der Waals surface area contributed by atoms with Crippen LogP contribution in [-0.2, 0) is 0 Å². The number of para-hydroxylation sites is 1. The zero-order valence-corrected chi connectivity index (χ0v) is 13.6. The summed E-state index contributed by atoms with van der Waals surface area (Å²) in [5.41, 5.74) is 1.91. The molecule has 118 valence electrons. The highest BCUT2D eigenvalue weighted by Gasteiger charge is 2.22. The second-order valence-electron chi connectivity index (χ2n) is 5.62. The molecular weight excluding hydrogens is 312 g/mol. The maximum atomic E-state index is 6.30. The third-order valence-electron chi connectivity index (χ3n) is 4.25. The van der Waals surface area contributed by atoms with Crippen molar-refractivity contribution in [1.29, 1.82) is 0 Å². The molecule has 4 rings (SSSR count). The average molecular weight is 329 g/mol. The van der Waals surface area contributed by atoms with Gasteiger partial charge in [-0.1, -0.05) is 23.7 Å². The fourth-order valence-corrected chi connectivity index (χ4v) is 3.27. The Balaban J connectivity index is 1.56. The van der Waals surface area contributed by atoms with E-state index in [1.165, 1.54) is 0 Å². The number of hydrogen-bond donors (Lipinski definition) is 0. The zero-order chi connectivity index (χ0) is 15.8. The van der Waals surface area contributed by atoms with Crippen molar-refractivity contribution in [3.05, 3.63) is 47.5 Å². The summed E-state index contributed by atoms with van der Waals surface area (Å²) in [4.78, 5) is 9.09. The topological polar surface area (TPSA) is 49.6 Å². The molecule has 3 heterocycles. The van der Waals surface area contributed by atoms with Gasteiger partial charge in [0, 0.05) is 38.6 Å². The van der Waals surface area contributed by atoms with Crippen LogP contribution in [0.5, 0.6) is 0 Å². The Morgan fingerprint density at radius 1 is 1.00 bits per heavy atom. The number of hydrogen-bond acceptors (Lipinski definition) is 5. The minimum Gasteiger partial charge on any atom is -0.367 e. The van der Waals surface area contributed by atoms with Gasteiger partial charge in [0.2, 0.25) is 5.65 Å². The van der Waals surface area contributed by atoms with Crippen molar-refractivity contribution in [3.63, 3.8) is 0 Å². The largest absolute Gasteiger partial charge is 0.367 e.